The molecule has 0 aromatic carbocycles. The van der Waals surface area contributed by atoms with Crippen molar-refractivity contribution in [3.05, 3.63) is 0 Å². The minimum Gasteiger partial charge on any atom is -0.453 e. The fraction of sp³-hybridized carbons (Fsp3) is 0.800. The lowest BCUT2D eigenvalue weighted by molar-refractivity contribution is -0.187. The second kappa shape index (κ2) is 1.55. The van der Waals surface area contributed by atoms with E-state index < -0.39 is 15.9 Å². The molecule has 0 radical (unpaired) electrons. The van der Waals surface area contributed by atoms with Crippen molar-refractivity contribution < 1.29 is 9.53 Å². The van der Waals surface area contributed by atoms with Gasteiger partial charge >= 0.3 is 5.97 Å². The number of halogens is 2. The van der Waals surface area contributed by atoms with Crippen molar-refractivity contribution in [3.63, 3.8) is 0 Å². The lowest BCUT2D eigenvalue weighted by atomic mass is 9.98. The van der Waals surface area contributed by atoms with E-state index in [2.05, 4.69) is 4.74 Å². The molecule has 0 N–H and O–H groups in total. The molecule has 0 unspecified atom stereocenters. The summed E-state index contributed by atoms with van der Waals surface area (Å²) in [5.41, 5.74) is -0.729. The second-order valence-electron chi connectivity index (χ2n) is 2.47. The van der Waals surface area contributed by atoms with Gasteiger partial charge in [0, 0.05) is 0 Å². The number of carbonyl (C=O) groups excluding carboxylic acids is 1. The van der Waals surface area contributed by atoms with Crippen LogP contribution in [0.25, 0.3) is 0 Å². The molecular formula is C5H6Cl2O2. The summed E-state index contributed by atoms with van der Waals surface area (Å²) >= 11 is 11.1. The van der Waals surface area contributed by atoms with E-state index >= 15 is 0 Å². The Balaban J connectivity index is 2.82. The Hall–Kier alpha value is 0.0500. The molecule has 4 heteroatoms. The number of esters is 1. The summed E-state index contributed by atoms with van der Waals surface area (Å²) in [5, 5.41) is 0. The smallest absolute Gasteiger partial charge is 0.347 e. The summed E-state index contributed by atoms with van der Waals surface area (Å²) < 4.78 is 3.30. The average Bonchev–Trinajstić information content (AvgIpc) is 1.65. The predicted molar refractivity (Wildman–Crippen MR) is 34.6 cm³/mol. The minimum absolute atomic E-state index is 0.559. The number of ether oxygens (including phenoxy) is 1. The van der Waals surface area contributed by atoms with Crippen molar-refractivity contribution in [2.45, 2.75) is 23.8 Å². The molecule has 0 aromatic heterocycles. The molecule has 0 bridgehead atoms. The predicted octanol–water partition coefficient (Wildman–Crippen LogP) is 1.50. The number of hydrogen-bond acceptors (Lipinski definition) is 2. The summed E-state index contributed by atoms with van der Waals surface area (Å²) in [7, 11) is 0. The van der Waals surface area contributed by atoms with Gasteiger partial charge in [-0.2, -0.15) is 0 Å². The van der Waals surface area contributed by atoms with Crippen LogP contribution in [0, 0.1) is 0 Å². The summed E-state index contributed by atoms with van der Waals surface area (Å²) in [6.07, 6.45) is 0. The highest BCUT2D eigenvalue weighted by Gasteiger charge is 2.62. The van der Waals surface area contributed by atoms with E-state index in [4.69, 9.17) is 23.2 Å². The highest BCUT2D eigenvalue weighted by atomic mass is 35.5. The van der Waals surface area contributed by atoms with Crippen LogP contribution in [0.2, 0.25) is 0 Å². The van der Waals surface area contributed by atoms with E-state index in [1.54, 1.807) is 13.8 Å². The average molecular weight is 169 g/mol. The van der Waals surface area contributed by atoms with E-state index in [-0.39, 0.29) is 0 Å². The van der Waals surface area contributed by atoms with Crippen LogP contribution in [0.3, 0.4) is 0 Å². The standard InChI is InChI=1S/C5H6Cl2O2/c1-4(2)5(6,7)3(8)9-4/h1-2H3. The number of carbonyl (C=O) groups is 1. The van der Waals surface area contributed by atoms with Gasteiger partial charge in [0.15, 0.2) is 5.60 Å². The molecule has 0 atom stereocenters. The van der Waals surface area contributed by atoms with Gasteiger partial charge in [-0.1, -0.05) is 23.2 Å². The van der Waals surface area contributed by atoms with Gasteiger partial charge in [0.25, 0.3) is 4.33 Å². The topological polar surface area (TPSA) is 26.3 Å². The van der Waals surface area contributed by atoms with Crippen LogP contribution in [0.4, 0.5) is 0 Å². The molecule has 1 aliphatic heterocycles. The molecule has 0 aromatic rings. The summed E-state index contributed by atoms with van der Waals surface area (Å²) in [5.74, 6) is -0.559. The van der Waals surface area contributed by atoms with Crippen LogP contribution in [-0.4, -0.2) is 15.9 Å². The lowest BCUT2D eigenvalue weighted by Crippen LogP contribution is -2.62. The Labute approximate surface area is 63.1 Å². The Morgan fingerprint density at radius 2 is 1.89 bits per heavy atom. The van der Waals surface area contributed by atoms with Gasteiger partial charge < -0.3 is 4.74 Å². The molecule has 52 valence electrons. The fourth-order valence-corrected chi connectivity index (χ4v) is 0.714. The molecule has 2 nitrogen and oxygen atoms in total. The van der Waals surface area contributed by atoms with Crippen molar-refractivity contribution in [2.24, 2.45) is 0 Å². The van der Waals surface area contributed by atoms with E-state index in [0.717, 1.165) is 0 Å². The van der Waals surface area contributed by atoms with Gasteiger partial charge in [0.1, 0.15) is 0 Å². The van der Waals surface area contributed by atoms with Crippen molar-refractivity contribution >= 4 is 29.2 Å². The van der Waals surface area contributed by atoms with E-state index in [9.17, 15) is 4.79 Å². The number of alkyl halides is 2. The Morgan fingerprint density at radius 3 is 1.89 bits per heavy atom. The SMILES string of the molecule is CC1(C)OC(=O)C1(Cl)Cl. The summed E-state index contributed by atoms with van der Waals surface area (Å²) in [6, 6.07) is 0. The van der Waals surface area contributed by atoms with Crippen molar-refractivity contribution in [1.29, 1.82) is 0 Å². The normalized spacial score (nSPS) is 28.7. The van der Waals surface area contributed by atoms with Gasteiger partial charge in [0.2, 0.25) is 0 Å². The number of cyclic esters (lactones) is 1. The summed E-state index contributed by atoms with van der Waals surface area (Å²) in [6.45, 7) is 3.32. The maximum atomic E-state index is 10.5. The molecule has 0 saturated carbocycles. The van der Waals surface area contributed by atoms with E-state index in [1.807, 2.05) is 0 Å². The molecule has 9 heavy (non-hydrogen) atoms. The second-order valence-corrected chi connectivity index (χ2v) is 3.80. The largest absolute Gasteiger partial charge is 0.453 e. The lowest BCUT2D eigenvalue weighted by Gasteiger charge is -2.44. The highest BCUT2D eigenvalue weighted by molar-refractivity contribution is 6.60. The first-order chi connectivity index (χ1) is 3.88. The van der Waals surface area contributed by atoms with Gasteiger partial charge in [-0.05, 0) is 13.8 Å². The summed E-state index contributed by atoms with van der Waals surface area (Å²) in [4.78, 5) is 10.5. The third-order valence-electron chi connectivity index (χ3n) is 1.36. The minimum atomic E-state index is -1.34. The van der Waals surface area contributed by atoms with Crippen molar-refractivity contribution in [1.82, 2.24) is 0 Å². The molecule has 0 spiro atoms. The highest BCUT2D eigenvalue weighted by Crippen LogP contribution is 2.46. The third kappa shape index (κ3) is 0.733. The van der Waals surface area contributed by atoms with Gasteiger partial charge in [-0.25, -0.2) is 4.79 Å². The van der Waals surface area contributed by atoms with Crippen LogP contribution in [0.15, 0.2) is 0 Å². The first-order valence-corrected chi connectivity index (χ1v) is 3.25. The van der Waals surface area contributed by atoms with Gasteiger partial charge in [-0.3, -0.25) is 0 Å². The first kappa shape index (κ1) is 7.16. The quantitative estimate of drug-likeness (QED) is 0.405. The number of rotatable bonds is 0. The van der Waals surface area contributed by atoms with Crippen LogP contribution in [0.5, 0.6) is 0 Å². The van der Waals surface area contributed by atoms with E-state index in [0.29, 0.717) is 0 Å². The molecule has 1 aliphatic rings. The van der Waals surface area contributed by atoms with E-state index in [1.165, 1.54) is 0 Å². The Bertz CT molecular complexity index is 162. The zero-order chi connectivity index (χ0) is 7.28. The third-order valence-corrected chi connectivity index (χ3v) is 2.58. The molecule has 0 aliphatic carbocycles. The maximum Gasteiger partial charge on any atom is 0.347 e. The Morgan fingerprint density at radius 1 is 1.44 bits per heavy atom. The number of hydrogen-bond donors (Lipinski definition) is 0. The molecule has 1 rings (SSSR count). The molecule has 1 heterocycles. The molecule has 1 fully saturated rings. The molecular weight excluding hydrogens is 163 g/mol. The van der Waals surface area contributed by atoms with Crippen LogP contribution >= 0.6 is 23.2 Å². The van der Waals surface area contributed by atoms with Crippen LogP contribution < -0.4 is 0 Å². The van der Waals surface area contributed by atoms with Crippen LogP contribution in [-0.2, 0) is 9.53 Å². The zero-order valence-corrected chi connectivity index (χ0v) is 6.58. The van der Waals surface area contributed by atoms with Crippen molar-refractivity contribution in [3.8, 4) is 0 Å². The van der Waals surface area contributed by atoms with Gasteiger partial charge in [-0.15, -0.1) is 0 Å². The fourth-order valence-electron chi connectivity index (χ4n) is 0.559. The first-order valence-electron chi connectivity index (χ1n) is 2.49. The van der Waals surface area contributed by atoms with Crippen LogP contribution in [0.1, 0.15) is 13.8 Å². The molecule has 0 amide bonds. The van der Waals surface area contributed by atoms with Crippen molar-refractivity contribution in [2.75, 3.05) is 0 Å². The Kier molecular flexibility index (Phi) is 1.24. The zero-order valence-electron chi connectivity index (χ0n) is 5.07. The van der Waals surface area contributed by atoms with Gasteiger partial charge in [0.05, 0.1) is 0 Å². The molecule has 1 saturated heterocycles. The monoisotopic (exact) mass is 168 g/mol. The maximum absolute atomic E-state index is 10.5.